The Balaban J connectivity index is 2.19. The molecule has 0 fully saturated rings. The standard InChI is InChI=1S/C26H36N2O6S2/c1-4-6-13-26(14-7-5-2)18-28(19-11-9-8-10-12-19)20-15-23(35-3)22(34-17-21(29)25(30)31)16-24(20)36(32,33)27-26/h8-12,15-16,21,27,29H,4-7,13-14,17-18H2,1-3H3,(H,30,31)/t21-/m0/s1. The normalized spacial score (nSPS) is 17.2. The summed E-state index contributed by atoms with van der Waals surface area (Å²) >= 11 is 1.36. The zero-order valence-electron chi connectivity index (χ0n) is 21.1. The number of carbonyl (C=O) groups is 1. The van der Waals surface area contributed by atoms with Crippen molar-refractivity contribution in [2.45, 2.75) is 73.8 Å². The summed E-state index contributed by atoms with van der Waals surface area (Å²) in [6.07, 6.45) is 5.23. The number of rotatable bonds is 12. The van der Waals surface area contributed by atoms with Crippen molar-refractivity contribution in [3.63, 3.8) is 0 Å². The molecular formula is C26H36N2O6S2. The fraction of sp³-hybridized carbons (Fsp3) is 0.500. The van der Waals surface area contributed by atoms with Gasteiger partial charge < -0.3 is 19.8 Å². The molecule has 0 spiro atoms. The maximum atomic E-state index is 13.9. The third kappa shape index (κ3) is 6.53. The van der Waals surface area contributed by atoms with Crippen LogP contribution in [0.5, 0.6) is 5.75 Å². The minimum Gasteiger partial charge on any atom is -0.489 e. The first-order valence-corrected chi connectivity index (χ1v) is 15.0. The van der Waals surface area contributed by atoms with Crippen LogP contribution in [0, 0.1) is 0 Å². The van der Waals surface area contributed by atoms with Gasteiger partial charge in [0.1, 0.15) is 17.3 Å². The highest BCUT2D eigenvalue weighted by Gasteiger charge is 2.42. The summed E-state index contributed by atoms with van der Waals surface area (Å²) in [5, 5.41) is 18.7. The molecule has 3 rings (SSSR count). The number of benzene rings is 2. The monoisotopic (exact) mass is 536 g/mol. The highest BCUT2D eigenvalue weighted by molar-refractivity contribution is 7.98. The van der Waals surface area contributed by atoms with E-state index in [2.05, 4.69) is 23.5 Å². The van der Waals surface area contributed by atoms with Gasteiger partial charge in [-0.15, -0.1) is 11.8 Å². The number of unbranched alkanes of at least 4 members (excludes halogenated alkanes) is 2. The van der Waals surface area contributed by atoms with Crippen molar-refractivity contribution in [2.75, 3.05) is 24.3 Å². The van der Waals surface area contributed by atoms with Crippen LogP contribution in [-0.2, 0) is 14.8 Å². The van der Waals surface area contributed by atoms with Gasteiger partial charge in [-0.3, -0.25) is 0 Å². The third-order valence-corrected chi connectivity index (χ3v) is 8.77. The molecule has 2 aromatic carbocycles. The summed E-state index contributed by atoms with van der Waals surface area (Å²) < 4.78 is 36.4. The molecule has 1 heterocycles. The van der Waals surface area contributed by atoms with Crippen LogP contribution in [0.3, 0.4) is 0 Å². The predicted molar refractivity (Wildman–Crippen MR) is 143 cm³/mol. The van der Waals surface area contributed by atoms with E-state index in [0.29, 0.717) is 30.0 Å². The van der Waals surface area contributed by atoms with Crippen LogP contribution in [0.25, 0.3) is 0 Å². The number of aliphatic hydroxyl groups is 1. The Morgan fingerprint density at radius 2 is 1.81 bits per heavy atom. The number of nitrogens with one attached hydrogen (secondary N) is 1. The second kappa shape index (κ2) is 12.3. The average molecular weight is 537 g/mol. The summed E-state index contributed by atoms with van der Waals surface area (Å²) in [7, 11) is -3.95. The van der Waals surface area contributed by atoms with Crippen LogP contribution in [0.4, 0.5) is 11.4 Å². The van der Waals surface area contributed by atoms with E-state index >= 15 is 0 Å². The van der Waals surface area contributed by atoms with E-state index in [-0.39, 0.29) is 10.6 Å². The van der Waals surface area contributed by atoms with E-state index in [1.807, 2.05) is 36.6 Å². The Labute approximate surface area is 218 Å². The van der Waals surface area contributed by atoms with Crippen molar-refractivity contribution in [3.8, 4) is 5.75 Å². The molecule has 0 amide bonds. The van der Waals surface area contributed by atoms with Gasteiger partial charge in [-0.1, -0.05) is 57.7 Å². The minimum absolute atomic E-state index is 0.0684. The van der Waals surface area contributed by atoms with E-state index in [4.69, 9.17) is 9.84 Å². The van der Waals surface area contributed by atoms with Crippen molar-refractivity contribution in [2.24, 2.45) is 0 Å². The lowest BCUT2D eigenvalue weighted by Crippen LogP contribution is -2.53. The van der Waals surface area contributed by atoms with Crippen LogP contribution in [0.2, 0.25) is 0 Å². The minimum atomic E-state index is -3.95. The number of thioether (sulfide) groups is 1. The van der Waals surface area contributed by atoms with Gasteiger partial charge in [0, 0.05) is 18.3 Å². The average Bonchev–Trinajstić information content (AvgIpc) is 2.96. The Bertz CT molecular complexity index is 1130. The molecule has 36 heavy (non-hydrogen) atoms. The van der Waals surface area contributed by atoms with Gasteiger partial charge in [0.05, 0.1) is 16.1 Å². The van der Waals surface area contributed by atoms with Gasteiger partial charge in [-0.2, -0.15) is 0 Å². The second-order valence-electron chi connectivity index (χ2n) is 9.15. The van der Waals surface area contributed by atoms with E-state index in [1.54, 1.807) is 6.07 Å². The first-order valence-electron chi connectivity index (χ1n) is 12.3. The van der Waals surface area contributed by atoms with Gasteiger partial charge >= 0.3 is 5.97 Å². The lowest BCUT2D eigenvalue weighted by atomic mass is 9.87. The maximum Gasteiger partial charge on any atom is 0.336 e. The Morgan fingerprint density at radius 1 is 1.17 bits per heavy atom. The number of sulfonamides is 1. The summed E-state index contributed by atoms with van der Waals surface area (Å²) in [4.78, 5) is 13.8. The van der Waals surface area contributed by atoms with Crippen LogP contribution in [-0.4, -0.2) is 55.7 Å². The lowest BCUT2D eigenvalue weighted by molar-refractivity contribution is -0.148. The van der Waals surface area contributed by atoms with Crippen molar-refractivity contribution >= 4 is 39.1 Å². The molecular weight excluding hydrogens is 500 g/mol. The Hall–Kier alpha value is -2.27. The molecule has 1 aliphatic heterocycles. The summed E-state index contributed by atoms with van der Waals surface area (Å²) in [5.74, 6) is -1.19. The summed E-state index contributed by atoms with van der Waals surface area (Å²) in [5.41, 5.74) is 0.774. The third-order valence-electron chi connectivity index (χ3n) is 6.40. The number of carboxylic acid groups (broad SMARTS) is 1. The van der Waals surface area contributed by atoms with E-state index in [0.717, 1.165) is 31.4 Å². The smallest absolute Gasteiger partial charge is 0.336 e. The van der Waals surface area contributed by atoms with Crippen molar-refractivity contribution in [1.82, 2.24) is 4.72 Å². The number of anilines is 2. The molecule has 0 bridgehead atoms. The molecule has 0 aromatic heterocycles. The summed E-state index contributed by atoms with van der Waals surface area (Å²) in [6.45, 7) is 4.19. The number of aliphatic carboxylic acids is 1. The largest absolute Gasteiger partial charge is 0.489 e. The number of para-hydroxylation sites is 1. The molecule has 10 heteroatoms. The van der Waals surface area contributed by atoms with Crippen molar-refractivity contribution in [3.05, 3.63) is 42.5 Å². The number of fused-ring (bicyclic) bond motifs is 1. The SMILES string of the molecule is CCCCC1(CCCC)CN(c2ccccc2)c2cc(SC)c(OC[C@H](O)C(=O)O)cc2S(=O)(=O)N1. The number of hydrogen-bond donors (Lipinski definition) is 3. The van der Waals surface area contributed by atoms with Gasteiger partial charge in [-0.05, 0) is 37.3 Å². The fourth-order valence-corrected chi connectivity index (χ4v) is 6.69. The molecule has 1 atom stereocenters. The first-order chi connectivity index (χ1) is 17.2. The molecule has 0 unspecified atom stereocenters. The van der Waals surface area contributed by atoms with Crippen LogP contribution >= 0.6 is 11.8 Å². The highest BCUT2D eigenvalue weighted by Crippen LogP contribution is 2.44. The molecule has 198 valence electrons. The van der Waals surface area contributed by atoms with Gasteiger partial charge in [-0.25, -0.2) is 17.9 Å². The molecule has 0 saturated heterocycles. The zero-order valence-corrected chi connectivity index (χ0v) is 22.7. The van der Waals surface area contributed by atoms with Crippen LogP contribution in [0.15, 0.2) is 52.3 Å². The molecule has 8 nitrogen and oxygen atoms in total. The molecule has 1 aliphatic rings. The molecule has 3 N–H and O–H groups in total. The van der Waals surface area contributed by atoms with Gasteiger partial charge in [0.2, 0.25) is 10.0 Å². The number of nitrogens with zero attached hydrogens (tertiary/aromatic N) is 1. The number of hydrogen-bond acceptors (Lipinski definition) is 7. The van der Waals surface area contributed by atoms with Gasteiger partial charge in [0.25, 0.3) is 0 Å². The second-order valence-corrected chi connectivity index (χ2v) is 11.6. The Morgan fingerprint density at radius 3 is 2.36 bits per heavy atom. The molecule has 0 saturated carbocycles. The van der Waals surface area contributed by atoms with Crippen LogP contribution in [0.1, 0.15) is 52.4 Å². The fourth-order valence-electron chi connectivity index (χ4n) is 4.48. The highest BCUT2D eigenvalue weighted by atomic mass is 32.2. The lowest BCUT2D eigenvalue weighted by Gasteiger charge is -2.37. The molecule has 2 aromatic rings. The topological polar surface area (TPSA) is 116 Å². The molecule has 0 aliphatic carbocycles. The number of ether oxygens (including phenoxy) is 1. The van der Waals surface area contributed by atoms with Gasteiger partial charge in [0.15, 0.2) is 6.10 Å². The predicted octanol–water partition coefficient (Wildman–Crippen LogP) is 4.78. The summed E-state index contributed by atoms with van der Waals surface area (Å²) in [6, 6.07) is 13.0. The number of aliphatic hydroxyl groups excluding tert-OH is 1. The Kier molecular flexibility index (Phi) is 9.68. The van der Waals surface area contributed by atoms with E-state index < -0.39 is 34.2 Å². The quantitative estimate of drug-likeness (QED) is 0.332. The molecule has 0 radical (unpaired) electrons. The maximum absolute atomic E-state index is 13.9. The van der Waals surface area contributed by atoms with E-state index in [9.17, 15) is 18.3 Å². The van der Waals surface area contributed by atoms with Crippen molar-refractivity contribution in [1.29, 1.82) is 0 Å². The zero-order chi connectivity index (χ0) is 26.3. The van der Waals surface area contributed by atoms with Crippen molar-refractivity contribution < 1.29 is 28.2 Å². The number of carboxylic acids is 1. The van der Waals surface area contributed by atoms with Crippen LogP contribution < -0.4 is 14.4 Å². The van der Waals surface area contributed by atoms with E-state index in [1.165, 1.54) is 17.8 Å². The first kappa shape index (κ1) is 28.3.